The van der Waals surface area contributed by atoms with Crippen molar-refractivity contribution in [1.82, 2.24) is 5.16 Å². The molecule has 0 aliphatic carbocycles. The van der Waals surface area contributed by atoms with Crippen molar-refractivity contribution in [2.45, 2.75) is 26.7 Å². The van der Waals surface area contributed by atoms with Gasteiger partial charge in [-0.15, -0.1) is 0 Å². The molecule has 8 heteroatoms. The van der Waals surface area contributed by atoms with E-state index in [9.17, 15) is 9.59 Å². The predicted molar refractivity (Wildman–Crippen MR) is 126 cm³/mol. The average molecular weight is 463 g/mol. The Kier molecular flexibility index (Phi) is 6.96. The van der Waals surface area contributed by atoms with E-state index in [-0.39, 0.29) is 18.0 Å². The summed E-state index contributed by atoms with van der Waals surface area (Å²) in [6, 6.07) is 14.3. The predicted octanol–water partition coefficient (Wildman–Crippen LogP) is 4.68. The molecule has 0 unspecified atom stereocenters. The van der Waals surface area contributed by atoms with E-state index in [1.165, 1.54) is 7.11 Å². The summed E-state index contributed by atoms with van der Waals surface area (Å²) in [6.45, 7) is 6.08. The Balaban J connectivity index is 1.39. The van der Waals surface area contributed by atoms with Crippen molar-refractivity contribution in [3.8, 4) is 17.4 Å². The van der Waals surface area contributed by atoms with Crippen LogP contribution in [0.3, 0.4) is 0 Å². The number of rotatable bonds is 9. The topological polar surface area (TPSA) is 91.1 Å². The Morgan fingerprint density at radius 2 is 1.85 bits per heavy atom. The largest absolute Gasteiger partial charge is 0.479 e. The number of Topliss-reactive ketones (excluding diaryl/α,β-unsaturated/α-hetero) is 1. The van der Waals surface area contributed by atoms with Crippen LogP contribution in [0, 0.1) is 0 Å². The van der Waals surface area contributed by atoms with Gasteiger partial charge in [0.05, 0.1) is 19.1 Å². The molecule has 0 saturated carbocycles. The summed E-state index contributed by atoms with van der Waals surface area (Å²) in [5, 5.41) is 3.69. The fourth-order valence-corrected chi connectivity index (χ4v) is 3.67. The van der Waals surface area contributed by atoms with Crippen LogP contribution in [0.2, 0.25) is 0 Å². The van der Waals surface area contributed by atoms with E-state index in [1.807, 2.05) is 24.3 Å². The van der Waals surface area contributed by atoms with Gasteiger partial charge < -0.3 is 23.6 Å². The van der Waals surface area contributed by atoms with E-state index >= 15 is 0 Å². The van der Waals surface area contributed by atoms with E-state index in [1.54, 1.807) is 30.3 Å². The van der Waals surface area contributed by atoms with Crippen LogP contribution in [-0.4, -0.2) is 37.1 Å². The van der Waals surface area contributed by atoms with E-state index in [2.05, 4.69) is 23.9 Å². The van der Waals surface area contributed by atoms with Gasteiger partial charge in [-0.05, 0) is 54.9 Å². The molecule has 1 aliphatic rings. The molecular formula is C26H26N2O6. The van der Waals surface area contributed by atoms with Crippen LogP contribution in [0.4, 0.5) is 5.69 Å². The molecule has 0 saturated heterocycles. The van der Waals surface area contributed by atoms with Crippen LogP contribution < -0.4 is 19.1 Å². The van der Waals surface area contributed by atoms with E-state index in [0.717, 1.165) is 24.3 Å². The zero-order valence-corrected chi connectivity index (χ0v) is 19.4. The van der Waals surface area contributed by atoms with Gasteiger partial charge in [-0.25, -0.2) is 0 Å². The minimum atomic E-state index is -0.441. The molecule has 1 aliphatic heterocycles. The highest BCUT2D eigenvalue weighted by Crippen LogP contribution is 2.35. The fraction of sp³-hybridized carbons (Fsp3) is 0.269. The Labute approximate surface area is 197 Å². The second-order valence-corrected chi connectivity index (χ2v) is 7.67. The van der Waals surface area contributed by atoms with Crippen molar-refractivity contribution in [3.63, 3.8) is 0 Å². The highest BCUT2D eigenvalue weighted by molar-refractivity contribution is 6.14. The van der Waals surface area contributed by atoms with Gasteiger partial charge in [0.15, 0.2) is 5.76 Å². The molecule has 0 atom stereocenters. The Hall–Kier alpha value is -4.07. The summed E-state index contributed by atoms with van der Waals surface area (Å²) in [4.78, 5) is 27.2. The first-order valence-electron chi connectivity index (χ1n) is 11.1. The van der Waals surface area contributed by atoms with Crippen LogP contribution >= 0.6 is 0 Å². The second kappa shape index (κ2) is 10.2. The lowest BCUT2D eigenvalue weighted by Crippen LogP contribution is -2.21. The van der Waals surface area contributed by atoms with Gasteiger partial charge in [-0.3, -0.25) is 9.59 Å². The molecule has 0 radical (unpaired) electrons. The third-order valence-electron chi connectivity index (χ3n) is 5.51. The quantitative estimate of drug-likeness (QED) is 0.257. The number of hydrogen-bond donors (Lipinski definition) is 0. The van der Waals surface area contributed by atoms with Crippen molar-refractivity contribution in [3.05, 3.63) is 71.2 Å². The van der Waals surface area contributed by atoms with Crippen LogP contribution in [0.1, 0.15) is 41.9 Å². The number of anilines is 1. The smallest absolute Gasteiger partial charge is 0.311 e. The highest BCUT2D eigenvalue weighted by atomic mass is 16.5. The number of carbonyl (C=O) groups is 2. The third kappa shape index (κ3) is 5.11. The van der Waals surface area contributed by atoms with Gasteiger partial charge in [0, 0.05) is 37.3 Å². The molecule has 3 aromatic rings. The molecule has 0 amide bonds. The molecule has 1 aromatic heterocycles. The first-order chi connectivity index (χ1) is 16.5. The van der Waals surface area contributed by atoms with Gasteiger partial charge in [-0.2, -0.15) is 0 Å². The summed E-state index contributed by atoms with van der Waals surface area (Å²) >= 11 is 0. The zero-order chi connectivity index (χ0) is 24.1. The average Bonchev–Trinajstić information content (AvgIpc) is 3.43. The number of methoxy groups -OCH3 is 1. The first kappa shape index (κ1) is 23.1. The normalized spacial score (nSPS) is 13.5. The van der Waals surface area contributed by atoms with E-state index in [4.69, 9.17) is 18.7 Å². The van der Waals surface area contributed by atoms with Crippen LogP contribution in [0.25, 0.3) is 6.08 Å². The number of allylic oxidation sites excluding steroid dienone is 1. The maximum atomic E-state index is 12.8. The number of fused-ring (bicyclic) bond motifs is 1. The monoisotopic (exact) mass is 462 g/mol. The summed E-state index contributed by atoms with van der Waals surface area (Å²) in [5.74, 6) is 1.12. The number of carbonyl (C=O) groups excluding carboxylic acids is 2. The number of aryl methyl sites for hydroxylation is 1. The summed E-state index contributed by atoms with van der Waals surface area (Å²) < 4.78 is 21.2. The molecule has 4 rings (SSSR count). The van der Waals surface area contributed by atoms with Crippen LogP contribution in [-0.2, 0) is 11.2 Å². The maximum Gasteiger partial charge on any atom is 0.311 e. The van der Waals surface area contributed by atoms with Crippen LogP contribution in [0.15, 0.2) is 58.8 Å². The van der Waals surface area contributed by atoms with Gasteiger partial charge in [0.1, 0.15) is 17.3 Å². The molecular weight excluding hydrogens is 436 g/mol. The molecule has 2 heterocycles. The van der Waals surface area contributed by atoms with Crippen molar-refractivity contribution in [2.75, 3.05) is 25.1 Å². The minimum absolute atomic E-state index is 0.101. The molecule has 2 aromatic carbocycles. The second-order valence-electron chi connectivity index (χ2n) is 7.67. The zero-order valence-electron chi connectivity index (χ0n) is 19.4. The number of hydrogen-bond acceptors (Lipinski definition) is 8. The first-order valence-corrected chi connectivity index (χ1v) is 11.1. The van der Waals surface area contributed by atoms with Gasteiger partial charge in [0.2, 0.25) is 5.78 Å². The van der Waals surface area contributed by atoms with Crippen molar-refractivity contribution < 1.29 is 28.3 Å². The molecule has 8 nitrogen and oxygen atoms in total. The third-order valence-corrected chi connectivity index (χ3v) is 5.51. The molecule has 34 heavy (non-hydrogen) atoms. The Morgan fingerprint density at radius 1 is 1.09 bits per heavy atom. The number of aromatic nitrogens is 1. The van der Waals surface area contributed by atoms with Crippen molar-refractivity contribution in [2.24, 2.45) is 0 Å². The number of ketones is 1. The van der Waals surface area contributed by atoms with Crippen molar-refractivity contribution >= 4 is 23.5 Å². The van der Waals surface area contributed by atoms with E-state index in [0.29, 0.717) is 35.1 Å². The maximum absolute atomic E-state index is 12.8. The Bertz CT molecular complexity index is 1210. The summed E-state index contributed by atoms with van der Waals surface area (Å²) in [5.41, 5.74) is 2.42. The minimum Gasteiger partial charge on any atom is -0.479 e. The summed E-state index contributed by atoms with van der Waals surface area (Å²) in [6.07, 6.45) is 2.14. The van der Waals surface area contributed by atoms with Gasteiger partial charge in [-0.1, -0.05) is 12.1 Å². The number of nitrogens with zero attached hydrogens (tertiary/aromatic N) is 2. The number of benzene rings is 2. The molecule has 0 N–H and O–H groups in total. The molecule has 0 bridgehead atoms. The lowest BCUT2D eigenvalue weighted by molar-refractivity contribution is -0.134. The molecule has 0 fully saturated rings. The SMILES string of the molecule is CCN(CC)c1ccc(/C=C2\Oc3cc(OC(=O)CCc4cc(OC)no4)ccc3C2=O)cc1. The van der Waals surface area contributed by atoms with Crippen molar-refractivity contribution in [1.29, 1.82) is 0 Å². The fourth-order valence-electron chi connectivity index (χ4n) is 3.67. The molecule has 176 valence electrons. The van der Waals surface area contributed by atoms with Crippen LogP contribution in [0.5, 0.6) is 17.4 Å². The summed E-state index contributed by atoms with van der Waals surface area (Å²) in [7, 11) is 1.49. The lowest BCUT2D eigenvalue weighted by atomic mass is 10.1. The number of esters is 1. The lowest BCUT2D eigenvalue weighted by Gasteiger charge is -2.20. The standard InChI is InChI=1S/C26H26N2O6/c1-4-28(5-2)18-8-6-17(7-9-18)14-23-26(30)21-12-10-19(15-22(21)33-23)32-25(29)13-11-20-16-24(31-3)27-34-20/h6-10,12,14-16H,4-5,11,13H2,1-3H3/b23-14-. The molecule has 0 spiro atoms. The van der Waals surface area contributed by atoms with E-state index < -0.39 is 5.97 Å². The van der Waals surface area contributed by atoms with Gasteiger partial charge >= 0.3 is 5.97 Å². The highest BCUT2D eigenvalue weighted by Gasteiger charge is 2.28. The number of ether oxygens (including phenoxy) is 3. The Morgan fingerprint density at radius 3 is 2.53 bits per heavy atom. The van der Waals surface area contributed by atoms with Gasteiger partial charge in [0.25, 0.3) is 5.88 Å².